The molecule has 16 heteroatoms. The van der Waals surface area contributed by atoms with Crippen molar-refractivity contribution in [2.75, 3.05) is 41.1 Å². The number of nitrogens with zero attached hydrogens (tertiary/aromatic N) is 3. The Kier molecular flexibility index (Phi) is 12.8. The van der Waals surface area contributed by atoms with Crippen LogP contribution >= 0.6 is 0 Å². The second kappa shape index (κ2) is 17.9. The van der Waals surface area contributed by atoms with Gasteiger partial charge in [-0.2, -0.15) is 5.10 Å². The third-order valence-corrected chi connectivity index (χ3v) is 8.38. The lowest BCUT2D eigenvalue weighted by Gasteiger charge is -2.24. The summed E-state index contributed by atoms with van der Waals surface area (Å²) >= 11 is 0. The monoisotopic (exact) mass is 729 g/mol. The van der Waals surface area contributed by atoms with E-state index in [0.29, 0.717) is 45.5 Å². The predicted molar refractivity (Wildman–Crippen MR) is 191 cm³/mol. The molecule has 0 unspecified atom stereocenters. The van der Waals surface area contributed by atoms with Crippen molar-refractivity contribution in [2.45, 2.75) is 44.4 Å². The number of methoxy groups -OCH3 is 3. The van der Waals surface area contributed by atoms with Crippen LogP contribution < -0.4 is 40.2 Å². The Morgan fingerprint density at radius 3 is 2.30 bits per heavy atom. The van der Waals surface area contributed by atoms with Gasteiger partial charge in [0.25, 0.3) is 0 Å². The van der Waals surface area contributed by atoms with Gasteiger partial charge in [-0.05, 0) is 42.3 Å². The molecule has 4 amide bonds. The summed E-state index contributed by atoms with van der Waals surface area (Å²) in [6.45, 7) is 1.10. The lowest BCUT2D eigenvalue weighted by molar-refractivity contribution is -0.132. The topological polar surface area (TPSA) is 204 Å². The van der Waals surface area contributed by atoms with Crippen molar-refractivity contribution in [3.8, 4) is 34.4 Å². The van der Waals surface area contributed by atoms with Gasteiger partial charge in [-0.3, -0.25) is 19.2 Å². The van der Waals surface area contributed by atoms with Crippen LogP contribution in [0, 0.1) is 0 Å². The Morgan fingerprint density at radius 1 is 0.962 bits per heavy atom. The number of carbonyl (C=O) groups excluding carboxylic acids is 4. The molecule has 0 radical (unpaired) electrons. The number of benzene rings is 3. The Morgan fingerprint density at radius 2 is 1.66 bits per heavy atom. The van der Waals surface area contributed by atoms with Crippen molar-refractivity contribution in [3.63, 3.8) is 0 Å². The SMILES string of the molecule is COc1cc(CC(=O)N[C@H]2Cc3ccc(cc3)OCCNC(=O)Cn3nc(-c4ccccc4)nc3[C@H](C)NC(=O)[C@H](CO)NC2=O)cc(OC)c1OC. The number of hydrogen-bond acceptors (Lipinski definition) is 11. The molecule has 2 aliphatic heterocycles. The molecule has 0 saturated heterocycles. The molecular weight excluding hydrogens is 686 g/mol. The van der Waals surface area contributed by atoms with Crippen LogP contribution in [0.1, 0.15) is 29.9 Å². The maximum atomic E-state index is 13.8. The average molecular weight is 730 g/mol. The van der Waals surface area contributed by atoms with E-state index in [4.69, 9.17) is 18.9 Å². The second-order valence-corrected chi connectivity index (χ2v) is 12.2. The summed E-state index contributed by atoms with van der Waals surface area (Å²) in [7, 11) is 4.40. The van der Waals surface area contributed by atoms with Crippen LogP contribution in [-0.2, 0) is 38.6 Å². The molecule has 6 rings (SSSR count). The van der Waals surface area contributed by atoms with Gasteiger partial charge >= 0.3 is 0 Å². The Bertz CT molecular complexity index is 1880. The molecule has 53 heavy (non-hydrogen) atoms. The minimum absolute atomic E-state index is 0.0463. The molecular formula is C37H43N7O9. The van der Waals surface area contributed by atoms with Gasteiger partial charge in [0.15, 0.2) is 17.3 Å². The van der Waals surface area contributed by atoms with Crippen molar-refractivity contribution >= 4 is 23.6 Å². The summed E-state index contributed by atoms with van der Waals surface area (Å²) in [4.78, 5) is 58.3. The van der Waals surface area contributed by atoms with E-state index in [1.165, 1.54) is 26.0 Å². The molecule has 3 aromatic carbocycles. The lowest BCUT2D eigenvalue weighted by Crippen LogP contribution is -2.56. The van der Waals surface area contributed by atoms with Gasteiger partial charge in [-0.1, -0.05) is 42.5 Å². The molecule has 0 spiro atoms. The van der Waals surface area contributed by atoms with Crippen LogP contribution in [-0.4, -0.2) is 96.7 Å². The zero-order chi connectivity index (χ0) is 37.9. The molecule has 4 aromatic rings. The van der Waals surface area contributed by atoms with E-state index in [9.17, 15) is 24.3 Å². The van der Waals surface area contributed by atoms with Gasteiger partial charge < -0.3 is 45.3 Å². The standard InChI is InChI=1S/C37H43N7O9/c1-22-35-42-34(25-8-6-5-7-9-25)43-44(35)20-32(47)38-14-15-53-26-12-10-23(11-13-26)16-27(36(48)41-28(21-45)37(49)39-22)40-31(46)19-24-17-29(50-2)33(52-4)30(18-24)51-3/h5-13,17-18,22,27-28,45H,14-16,19-21H2,1-4H3,(H,38,47)(H,39,49)(H,40,46)(H,41,48)/t22-,27-,28-/m0/s1. The van der Waals surface area contributed by atoms with Gasteiger partial charge in [-0.15, -0.1) is 0 Å². The summed E-state index contributed by atoms with van der Waals surface area (Å²) in [6, 6.07) is 16.0. The van der Waals surface area contributed by atoms with Gasteiger partial charge in [0.1, 0.15) is 36.8 Å². The number of aromatic nitrogens is 3. The van der Waals surface area contributed by atoms with Crippen molar-refractivity contribution < 1.29 is 43.2 Å². The number of aliphatic hydroxyl groups excluding tert-OH is 1. The summed E-state index contributed by atoms with van der Waals surface area (Å²) in [6.07, 6.45) is -0.0956. The fraction of sp³-hybridized carbons (Fsp3) is 0.351. The molecule has 280 valence electrons. The number of carbonyl (C=O) groups is 4. The molecule has 2 bridgehead atoms. The van der Waals surface area contributed by atoms with Crippen LogP contribution in [0.25, 0.3) is 11.4 Å². The average Bonchev–Trinajstić information content (AvgIpc) is 3.59. The maximum Gasteiger partial charge on any atom is 0.245 e. The summed E-state index contributed by atoms with van der Waals surface area (Å²) in [5.74, 6) is -0.0240. The highest BCUT2D eigenvalue weighted by atomic mass is 16.5. The zero-order valence-electron chi connectivity index (χ0n) is 29.9. The van der Waals surface area contributed by atoms with Gasteiger partial charge in [-0.25, -0.2) is 9.67 Å². The first-order valence-corrected chi connectivity index (χ1v) is 16.9. The molecule has 5 N–H and O–H groups in total. The highest BCUT2D eigenvalue weighted by molar-refractivity contribution is 5.93. The van der Waals surface area contributed by atoms with E-state index < -0.39 is 42.5 Å². The van der Waals surface area contributed by atoms with Gasteiger partial charge in [0.2, 0.25) is 29.4 Å². The number of aliphatic hydroxyl groups is 1. The van der Waals surface area contributed by atoms with E-state index in [1.807, 2.05) is 30.3 Å². The minimum atomic E-state index is -1.39. The number of rotatable bonds is 8. The summed E-state index contributed by atoms with van der Waals surface area (Å²) < 4.78 is 23.4. The zero-order valence-corrected chi connectivity index (χ0v) is 29.9. The van der Waals surface area contributed by atoms with Crippen molar-refractivity contribution in [3.05, 3.63) is 83.7 Å². The van der Waals surface area contributed by atoms with Crippen LogP contribution in [0.3, 0.4) is 0 Å². The normalized spacial score (nSPS) is 18.4. The number of nitrogens with one attached hydrogen (secondary N) is 4. The van der Waals surface area contributed by atoms with Crippen molar-refractivity contribution in [2.24, 2.45) is 0 Å². The molecule has 0 fully saturated rings. The van der Waals surface area contributed by atoms with E-state index in [2.05, 4.69) is 31.3 Å². The number of hydrogen-bond donors (Lipinski definition) is 5. The highest BCUT2D eigenvalue weighted by Gasteiger charge is 2.29. The fourth-order valence-electron chi connectivity index (χ4n) is 5.73. The number of fused-ring (bicyclic) bond motifs is 14. The van der Waals surface area contributed by atoms with Crippen molar-refractivity contribution in [1.82, 2.24) is 36.0 Å². The smallest absolute Gasteiger partial charge is 0.245 e. The van der Waals surface area contributed by atoms with Crippen LogP contribution in [0.15, 0.2) is 66.7 Å². The third kappa shape index (κ3) is 9.79. The third-order valence-electron chi connectivity index (χ3n) is 8.38. The molecule has 0 saturated carbocycles. The number of ether oxygens (including phenoxy) is 4. The van der Waals surface area contributed by atoms with E-state index in [-0.39, 0.29) is 44.3 Å². The molecule has 3 atom stereocenters. The van der Waals surface area contributed by atoms with Crippen LogP contribution in [0.2, 0.25) is 0 Å². The van der Waals surface area contributed by atoms with E-state index in [1.54, 1.807) is 43.3 Å². The quantitative estimate of drug-likeness (QED) is 0.174. The molecule has 16 nitrogen and oxygen atoms in total. The molecule has 1 aromatic heterocycles. The molecule has 3 heterocycles. The first-order valence-electron chi connectivity index (χ1n) is 16.9. The first-order chi connectivity index (χ1) is 25.6. The summed E-state index contributed by atoms with van der Waals surface area (Å²) in [5, 5.41) is 25.7. The van der Waals surface area contributed by atoms with Gasteiger partial charge in [0, 0.05) is 12.0 Å². The fourth-order valence-corrected chi connectivity index (χ4v) is 5.73. The molecule has 0 aliphatic carbocycles. The van der Waals surface area contributed by atoms with Crippen LogP contribution in [0.4, 0.5) is 0 Å². The Hall–Kier alpha value is -6.16. The lowest BCUT2D eigenvalue weighted by atomic mass is 10.0. The van der Waals surface area contributed by atoms with Crippen molar-refractivity contribution in [1.29, 1.82) is 0 Å². The van der Waals surface area contributed by atoms with E-state index in [0.717, 1.165) is 0 Å². The second-order valence-electron chi connectivity index (χ2n) is 12.2. The predicted octanol–water partition coefficient (Wildman–Crippen LogP) is 1.10. The first kappa shape index (κ1) is 38.1. The van der Waals surface area contributed by atoms with Gasteiger partial charge in [0.05, 0.1) is 46.9 Å². The highest BCUT2D eigenvalue weighted by Crippen LogP contribution is 2.38. The molecule has 2 aliphatic rings. The largest absolute Gasteiger partial charge is 0.493 e. The Labute approximate surface area is 306 Å². The maximum absolute atomic E-state index is 13.8. The number of amides is 4. The minimum Gasteiger partial charge on any atom is -0.493 e. The summed E-state index contributed by atoms with van der Waals surface area (Å²) in [5.41, 5.74) is 1.92. The Balaban J connectivity index is 1.40. The van der Waals surface area contributed by atoms with Crippen LogP contribution in [0.5, 0.6) is 23.0 Å². The van der Waals surface area contributed by atoms with E-state index >= 15 is 0 Å².